The zero-order valence-electron chi connectivity index (χ0n) is 11.0. The van der Waals surface area contributed by atoms with Crippen LogP contribution in [0.25, 0.3) is 0 Å². The summed E-state index contributed by atoms with van der Waals surface area (Å²) in [4.78, 5) is 0. The maximum Gasteiger partial charge on any atom is 0.133 e. The van der Waals surface area contributed by atoms with Crippen molar-refractivity contribution in [3.63, 3.8) is 0 Å². The lowest BCUT2D eigenvalue weighted by Gasteiger charge is -2.15. The van der Waals surface area contributed by atoms with E-state index in [4.69, 9.17) is 16.3 Å². The van der Waals surface area contributed by atoms with Crippen molar-refractivity contribution in [1.29, 1.82) is 0 Å². The van der Waals surface area contributed by atoms with Crippen LogP contribution in [0.15, 0.2) is 30.3 Å². The lowest BCUT2D eigenvalue weighted by atomic mass is 9.99. The summed E-state index contributed by atoms with van der Waals surface area (Å²) in [7, 11) is 1.42. The van der Waals surface area contributed by atoms with Gasteiger partial charge in [-0.25, -0.2) is 8.78 Å². The molecule has 1 N–H and O–H groups in total. The average Bonchev–Trinajstić information content (AvgIpc) is 2.42. The zero-order valence-corrected chi connectivity index (χ0v) is 11.7. The van der Waals surface area contributed by atoms with E-state index in [1.807, 2.05) is 0 Å². The molecule has 0 amide bonds. The Labute approximate surface area is 120 Å². The van der Waals surface area contributed by atoms with Crippen molar-refractivity contribution in [3.05, 3.63) is 63.7 Å². The van der Waals surface area contributed by atoms with Gasteiger partial charge in [0.2, 0.25) is 0 Å². The first-order valence-electron chi connectivity index (χ1n) is 5.91. The number of halogens is 3. The SMILES string of the molecule is COc1ccc(C(O)c2cc(C)c(F)cc2Cl)c(F)c1. The van der Waals surface area contributed by atoms with Crippen molar-refractivity contribution in [1.82, 2.24) is 0 Å². The van der Waals surface area contributed by atoms with Crippen molar-refractivity contribution in [3.8, 4) is 5.75 Å². The van der Waals surface area contributed by atoms with Crippen LogP contribution in [0.2, 0.25) is 5.02 Å². The number of aryl methyl sites for hydroxylation is 1. The number of hydrogen-bond acceptors (Lipinski definition) is 2. The third-order valence-electron chi connectivity index (χ3n) is 3.07. The maximum absolute atomic E-state index is 13.9. The van der Waals surface area contributed by atoms with Crippen molar-refractivity contribution in [2.45, 2.75) is 13.0 Å². The summed E-state index contributed by atoms with van der Waals surface area (Å²) in [6.07, 6.45) is -1.27. The summed E-state index contributed by atoms with van der Waals surface area (Å²) in [5.41, 5.74) is 0.644. The normalized spacial score (nSPS) is 12.3. The van der Waals surface area contributed by atoms with E-state index >= 15 is 0 Å². The standard InChI is InChI=1S/C15H13ClF2O2/c1-8-5-11(12(16)7-13(8)17)15(19)10-4-3-9(20-2)6-14(10)18/h3-7,15,19H,1-2H3. The highest BCUT2D eigenvalue weighted by Gasteiger charge is 2.19. The number of benzene rings is 2. The Balaban J connectivity index is 2.46. The highest BCUT2D eigenvalue weighted by Crippen LogP contribution is 2.32. The van der Waals surface area contributed by atoms with Crippen LogP contribution in [0.4, 0.5) is 8.78 Å². The number of methoxy groups -OCH3 is 1. The van der Waals surface area contributed by atoms with Gasteiger partial charge in [0.25, 0.3) is 0 Å². The molecule has 0 fully saturated rings. The van der Waals surface area contributed by atoms with Crippen LogP contribution in [-0.2, 0) is 0 Å². The maximum atomic E-state index is 13.9. The van der Waals surface area contributed by atoms with Crippen molar-refractivity contribution >= 4 is 11.6 Å². The molecule has 0 saturated heterocycles. The summed E-state index contributed by atoms with van der Waals surface area (Å²) in [6.45, 7) is 1.55. The number of hydrogen-bond donors (Lipinski definition) is 1. The average molecular weight is 299 g/mol. The van der Waals surface area contributed by atoms with E-state index in [9.17, 15) is 13.9 Å². The lowest BCUT2D eigenvalue weighted by Crippen LogP contribution is -2.05. The molecule has 106 valence electrons. The minimum absolute atomic E-state index is 0.0517. The molecule has 0 radical (unpaired) electrons. The van der Waals surface area contributed by atoms with Gasteiger partial charge in [-0.3, -0.25) is 0 Å². The van der Waals surface area contributed by atoms with Gasteiger partial charge in [-0.05, 0) is 36.8 Å². The molecule has 0 aromatic heterocycles. The van der Waals surface area contributed by atoms with Gasteiger partial charge in [0, 0.05) is 22.2 Å². The first kappa shape index (κ1) is 14.8. The van der Waals surface area contributed by atoms with Crippen LogP contribution in [0, 0.1) is 18.6 Å². The summed E-state index contributed by atoms with van der Waals surface area (Å²) in [5.74, 6) is -0.740. The minimum Gasteiger partial charge on any atom is -0.497 e. The molecule has 2 nitrogen and oxygen atoms in total. The fourth-order valence-electron chi connectivity index (χ4n) is 1.91. The molecule has 2 rings (SSSR count). The molecular weight excluding hydrogens is 286 g/mol. The van der Waals surface area contributed by atoms with Crippen LogP contribution in [0.5, 0.6) is 5.75 Å². The summed E-state index contributed by atoms with van der Waals surface area (Å²) in [6, 6.07) is 6.63. The minimum atomic E-state index is -1.27. The van der Waals surface area contributed by atoms with Gasteiger partial charge in [-0.1, -0.05) is 11.6 Å². The summed E-state index contributed by atoms with van der Waals surface area (Å²) >= 11 is 5.91. The van der Waals surface area contributed by atoms with Crippen molar-refractivity contribution in [2.75, 3.05) is 7.11 Å². The second-order valence-corrected chi connectivity index (χ2v) is 4.82. The quantitative estimate of drug-likeness (QED) is 0.927. The number of aliphatic hydroxyl groups is 1. The molecule has 20 heavy (non-hydrogen) atoms. The van der Waals surface area contributed by atoms with Gasteiger partial charge in [-0.15, -0.1) is 0 Å². The highest BCUT2D eigenvalue weighted by molar-refractivity contribution is 6.31. The van der Waals surface area contributed by atoms with E-state index in [0.29, 0.717) is 11.3 Å². The molecule has 0 aliphatic carbocycles. The Morgan fingerprint density at radius 3 is 2.40 bits per heavy atom. The summed E-state index contributed by atoms with van der Waals surface area (Å²) < 4.78 is 32.2. The van der Waals surface area contributed by atoms with E-state index in [1.165, 1.54) is 31.4 Å². The van der Waals surface area contributed by atoms with E-state index in [0.717, 1.165) is 6.07 Å². The first-order chi connectivity index (χ1) is 9.43. The molecular formula is C15H13ClF2O2. The summed E-state index contributed by atoms with van der Waals surface area (Å²) in [5, 5.41) is 10.3. The van der Waals surface area contributed by atoms with Gasteiger partial charge >= 0.3 is 0 Å². The lowest BCUT2D eigenvalue weighted by molar-refractivity contribution is 0.214. The Morgan fingerprint density at radius 1 is 1.10 bits per heavy atom. The van der Waals surface area contributed by atoms with Crippen molar-refractivity contribution < 1.29 is 18.6 Å². The Morgan fingerprint density at radius 2 is 1.80 bits per heavy atom. The third kappa shape index (κ3) is 2.76. The largest absolute Gasteiger partial charge is 0.497 e. The van der Waals surface area contributed by atoms with E-state index in [-0.39, 0.29) is 16.1 Å². The molecule has 0 aliphatic heterocycles. The first-order valence-corrected chi connectivity index (χ1v) is 6.29. The number of rotatable bonds is 3. The second kappa shape index (κ2) is 5.77. The van der Waals surface area contributed by atoms with Crippen LogP contribution >= 0.6 is 11.6 Å². The van der Waals surface area contributed by atoms with Crippen LogP contribution in [0.1, 0.15) is 22.8 Å². The van der Waals surface area contributed by atoms with Crippen LogP contribution in [-0.4, -0.2) is 12.2 Å². The van der Waals surface area contributed by atoms with E-state index in [1.54, 1.807) is 6.92 Å². The van der Waals surface area contributed by atoms with E-state index in [2.05, 4.69) is 0 Å². The zero-order chi connectivity index (χ0) is 14.9. The smallest absolute Gasteiger partial charge is 0.133 e. The van der Waals surface area contributed by atoms with Crippen LogP contribution < -0.4 is 4.74 Å². The third-order valence-corrected chi connectivity index (χ3v) is 3.40. The van der Waals surface area contributed by atoms with E-state index < -0.39 is 17.7 Å². The van der Waals surface area contributed by atoms with Gasteiger partial charge < -0.3 is 9.84 Å². The fraction of sp³-hybridized carbons (Fsp3) is 0.200. The molecule has 0 heterocycles. The molecule has 0 aliphatic rings. The molecule has 2 aromatic carbocycles. The highest BCUT2D eigenvalue weighted by atomic mass is 35.5. The molecule has 0 bridgehead atoms. The Hall–Kier alpha value is -1.65. The monoisotopic (exact) mass is 298 g/mol. The van der Waals surface area contributed by atoms with Gasteiger partial charge in [0.05, 0.1) is 7.11 Å². The number of aliphatic hydroxyl groups excluding tert-OH is 1. The second-order valence-electron chi connectivity index (χ2n) is 4.41. The van der Waals surface area contributed by atoms with Crippen LogP contribution in [0.3, 0.4) is 0 Å². The van der Waals surface area contributed by atoms with Gasteiger partial charge in [-0.2, -0.15) is 0 Å². The Bertz CT molecular complexity index is 644. The molecule has 0 saturated carbocycles. The predicted octanol–water partition coefficient (Wildman–Crippen LogP) is 4.02. The predicted molar refractivity (Wildman–Crippen MR) is 73.2 cm³/mol. The molecule has 5 heteroatoms. The van der Waals surface area contributed by atoms with Gasteiger partial charge in [0.1, 0.15) is 23.5 Å². The number of ether oxygens (including phenoxy) is 1. The molecule has 1 unspecified atom stereocenters. The molecule has 2 aromatic rings. The fourth-order valence-corrected chi connectivity index (χ4v) is 2.17. The van der Waals surface area contributed by atoms with Crippen molar-refractivity contribution in [2.24, 2.45) is 0 Å². The molecule has 0 spiro atoms. The Kier molecular flexibility index (Phi) is 4.26. The topological polar surface area (TPSA) is 29.5 Å². The molecule has 1 atom stereocenters. The van der Waals surface area contributed by atoms with Gasteiger partial charge in [0.15, 0.2) is 0 Å².